The standard InChI is InChI=1S/C34H28N4O3S/c1-4-27-30(33(40)41-3)31(24-10-6-5-7-11-24)38-32(39)29(42-34(38)36-27)18-26-21(2)37(28-13-9-8-12-25(26)28)20-23-16-14-22(19-35)15-17-23/h5-18,31H,4,20H2,1-3H3/b29-18+/t31-/m1/s1. The van der Waals surface area contributed by atoms with Gasteiger partial charge in [0.15, 0.2) is 4.80 Å². The SMILES string of the molecule is CCC1=C(C(=O)OC)[C@@H](c2ccccc2)n2c(s/c(=C/c3c(C)n(Cc4ccc(C#N)cc4)c4ccccc34)c2=O)=N1. The van der Waals surface area contributed by atoms with Crippen molar-refractivity contribution in [1.29, 1.82) is 5.26 Å². The molecule has 0 radical (unpaired) electrons. The van der Waals surface area contributed by atoms with Gasteiger partial charge in [-0.25, -0.2) is 9.79 Å². The van der Waals surface area contributed by atoms with Crippen LogP contribution >= 0.6 is 11.3 Å². The van der Waals surface area contributed by atoms with Crippen LogP contribution in [0.5, 0.6) is 0 Å². The molecule has 0 fully saturated rings. The first-order valence-corrected chi connectivity index (χ1v) is 14.5. The number of hydrogen-bond donors (Lipinski definition) is 0. The minimum atomic E-state index is -0.633. The van der Waals surface area contributed by atoms with Crippen molar-refractivity contribution in [2.24, 2.45) is 4.99 Å². The highest BCUT2D eigenvalue weighted by atomic mass is 32.1. The number of aromatic nitrogens is 2. The van der Waals surface area contributed by atoms with E-state index in [0.29, 0.717) is 39.1 Å². The van der Waals surface area contributed by atoms with Gasteiger partial charge in [0, 0.05) is 28.7 Å². The average molecular weight is 573 g/mol. The number of fused-ring (bicyclic) bond motifs is 2. The summed E-state index contributed by atoms with van der Waals surface area (Å²) in [4.78, 5) is 32.5. The van der Waals surface area contributed by atoms with Crippen molar-refractivity contribution >= 4 is 34.3 Å². The van der Waals surface area contributed by atoms with Crippen molar-refractivity contribution < 1.29 is 9.53 Å². The molecule has 1 aliphatic rings. The summed E-state index contributed by atoms with van der Waals surface area (Å²) in [5.74, 6) is -0.486. The van der Waals surface area contributed by atoms with E-state index in [2.05, 4.69) is 29.7 Å². The third-order valence-corrected chi connectivity index (χ3v) is 8.73. The van der Waals surface area contributed by atoms with Crippen molar-refractivity contribution in [2.45, 2.75) is 32.9 Å². The lowest BCUT2D eigenvalue weighted by Crippen LogP contribution is -2.40. The zero-order chi connectivity index (χ0) is 29.4. The smallest absolute Gasteiger partial charge is 0.338 e. The van der Waals surface area contributed by atoms with Gasteiger partial charge in [0.25, 0.3) is 5.56 Å². The summed E-state index contributed by atoms with van der Waals surface area (Å²) in [5.41, 5.74) is 6.38. The van der Waals surface area contributed by atoms with Crippen LogP contribution in [0.3, 0.4) is 0 Å². The Balaban J connectivity index is 1.55. The fourth-order valence-corrected chi connectivity index (χ4v) is 6.66. The van der Waals surface area contributed by atoms with Gasteiger partial charge in [-0.05, 0) is 48.7 Å². The van der Waals surface area contributed by atoms with Gasteiger partial charge in [0.1, 0.15) is 0 Å². The highest BCUT2D eigenvalue weighted by Crippen LogP contribution is 2.32. The molecular formula is C34H28N4O3S. The molecule has 208 valence electrons. The number of carbonyl (C=O) groups is 1. The van der Waals surface area contributed by atoms with Crippen LogP contribution in [0.15, 0.2) is 99.9 Å². The van der Waals surface area contributed by atoms with Crippen LogP contribution in [0.25, 0.3) is 17.0 Å². The average Bonchev–Trinajstić information content (AvgIpc) is 3.49. The zero-order valence-corrected chi connectivity index (χ0v) is 24.3. The van der Waals surface area contributed by atoms with Crippen molar-refractivity contribution in [3.8, 4) is 6.07 Å². The minimum absolute atomic E-state index is 0.201. The Morgan fingerprint density at radius 3 is 2.48 bits per heavy atom. The summed E-state index contributed by atoms with van der Waals surface area (Å²) in [5, 5.41) is 10.2. The Kier molecular flexibility index (Phi) is 7.19. The van der Waals surface area contributed by atoms with E-state index in [1.165, 1.54) is 18.4 Å². The second-order valence-corrected chi connectivity index (χ2v) is 11.1. The summed E-state index contributed by atoms with van der Waals surface area (Å²) in [6.07, 6.45) is 2.48. The van der Waals surface area contributed by atoms with E-state index in [1.807, 2.05) is 79.7 Å². The second kappa shape index (κ2) is 11.1. The molecule has 0 unspecified atom stereocenters. The Morgan fingerprint density at radius 1 is 1.07 bits per heavy atom. The normalized spacial score (nSPS) is 14.9. The molecule has 0 saturated carbocycles. The quantitative estimate of drug-likeness (QED) is 0.269. The largest absolute Gasteiger partial charge is 0.466 e. The Morgan fingerprint density at radius 2 is 1.79 bits per heavy atom. The van der Waals surface area contributed by atoms with Crippen LogP contribution in [0.1, 0.15) is 47.3 Å². The number of hydrogen-bond acceptors (Lipinski definition) is 6. The number of carbonyl (C=O) groups excluding carboxylic acids is 1. The molecule has 5 aromatic rings. The molecule has 3 aromatic carbocycles. The molecule has 2 aromatic heterocycles. The first-order valence-electron chi connectivity index (χ1n) is 13.7. The van der Waals surface area contributed by atoms with Crippen LogP contribution in [-0.4, -0.2) is 22.2 Å². The second-order valence-electron chi connectivity index (χ2n) is 10.1. The number of nitriles is 1. The highest BCUT2D eigenvalue weighted by Gasteiger charge is 2.33. The Bertz CT molecular complexity index is 2090. The number of thiazole rings is 1. The lowest BCUT2D eigenvalue weighted by atomic mass is 9.95. The van der Waals surface area contributed by atoms with Crippen molar-refractivity contribution in [1.82, 2.24) is 9.13 Å². The summed E-state index contributed by atoms with van der Waals surface area (Å²) >= 11 is 1.33. The predicted molar refractivity (Wildman–Crippen MR) is 164 cm³/mol. The first kappa shape index (κ1) is 27.2. The molecule has 0 N–H and O–H groups in total. The van der Waals surface area contributed by atoms with E-state index in [4.69, 9.17) is 9.73 Å². The maximum absolute atomic E-state index is 14.1. The van der Waals surface area contributed by atoms with Gasteiger partial charge in [0.2, 0.25) is 0 Å². The van der Waals surface area contributed by atoms with Crippen LogP contribution in [-0.2, 0) is 16.1 Å². The number of benzene rings is 3. The number of para-hydroxylation sites is 1. The molecular weight excluding hydrogens is 544 g/mol. The topological polar surface area (TPSA) is 89.4 Å². The summed E-state index contributed by atoms with van der Waals surface area (Å²) < 4.78 is 9.57. The van der Waals surface area contributed by atoms with Gasteiger partial charge >= 0.3 is 5.97 Å². The van der Waals surface area contributed by atoms with Gasteiger partial charge in [-0.1, -0.05) is 78.9 Å². The van der Waals surface area contributed by atoms with Crippen molar-refractivity contribution in [2.75, 3.05) is 7.11 Å². The number of nitrogens with zero attached hydrogens (tertiary/aromatic N) is 4. The van der Waals surface area contributed by atoms with Crippen LogP contribution in [0.2, 0.25) is 0 Å². The Labute approximate surface area is 246 Å². The van der Waals surface area contributed by atoms with E-state index in [0.717, 1.165) is 33.3 Å². The van der Waals surface area contributed by atoms with Crippen LogP contribution in [0.4, 0.5) is 0 Å². The Hall–Kier alpha value is -5.00. The fourth-order valence-electron chi connectivity index (χ4n) is 5.66. The fraction of sp³-hybridized carbons (Fsp3) is 0.176. The van der Waals surface area contributed by atoms with Gasteiger partial charge in [-0.2, -0.15) is 5.26 Å². The van der Waals surface area contributed by atoms with E-state index in [1.54, 1.807) is 4.57 Å². The molecule has 0 amide bonds. The summed E-state index contributed by atoms with van der Waals surface area (Å²) in [7, 11) is 1.35. The molecule has 0 bridgehead atoms. The van der Waals surface area contributed by atoms with E-state index < -0.39 is 12.0 Å². The van der Waals surface area contributed by atoms with Gasteiger partial charge in [-0.3, -0.25) is 9.36 Å². The molecule has 0 spiro atoms. The summed E-state index contributed by atoms with van der Waals surface area (Å²) in [6.45, 7) is 4.64. The lowest BCUT2D eigenvalue weighted by molar-refractivity contribution is -0.136. The predicted octanol–water partition coefficient (Wildman–Crippen LogP) is 4.98. The molecule has 7 nitrogen and oxygen atoms in total. The highest BCUT2D eigenvalue weighted by molar-refractivity contribution is 7.07. The maximum Gasteiger partial charge on any atom is 0.338 e. The lowest BCUT2D eigenvalue weighted by Gasteiger charge is -2.25. The number of methoxy groups -OCH3 is 1. The van der Waals surface area contributed by atoms with E-state index in [9.17, 15) is 14.9 Å². The number of allylic oxidation sites excluding steroid dienone is 1. The molecule has 42 heavy (non-hydrogen) atoms. The molecule has 1 atom stereocenters. The molecule has 3 heterocycles. The number of ether oxygens (including phenoxy) is 1. The van der Waals surface area contributed by atoms with E-state index >= 15 is 0 Å². The maximum atomic E-state index is 14.1. The molecule has 0 saturated heterocycles. The van der Waals surface area contributed by atoms with Crippen LogP contribution in [0, 0.1) is 18.3 Å². The van der Waals surface area contributed by atoms with Crippen molar-refractivity contribution in [3.05, 3.63) is 138 Å². The monoisotopic (exact) mass is 572 g/mol. The molecule has 6 rings (SSSR count). The molecule has 8 heteroatoms. The molecule has 1 aliphatic heterocycles. The zero-order valence-electron chi connectivity index (χ0n) is 23.5. The third-order valence-electron chi connectivity index (χ3n) is 7.74. The number of esters is 1. The van der Waals surface area contributed by atoms with Crippen LogP contribution < -0.4 is 14.9 Å². The van der Waals surface area contributed by atoms with Gasteiger partial charge < -0.3 is 9.30 Å². The molecule has 0 aliphatic carbocycles. The minimum Gasteiger partial charge on any atom is -0.466 e. The first-order chi connectivity index (χ1) is 20.4. The van der Waals surface area contributed by atoms with Gasteiger partial charge in [0.05, 0.1) is 40.6 Å². The van der Waals surface area contributed by atoms with E-state index in [-0.39, 0.29) is 5.56 Å². The van der Waals surface area contributed by atoms with Gasteiger partial charge in [-0.15, -0.1) is 0 Å². The number of rotatable bonds is 6. The third kappa shape index (κ3) is 4.58. The summed E-state index contributed by atoms with van der Waals surface area (Å²) in [6, 6.07) is 26.8. The van der Waals surface area contributed by atoms with Crippen molar-refractivity contribution in [3.63, 3.8) is 0 Å².